The highest BCUT2D eigenvalue weighted by Crippen LogP contribution is 2.33. The van der Waals surface area contributed by atoms with E-state index in [-0.39, 0.29) is 4.75 Å². The van der Waals surface area contributed by atoms with Crippen LogP contribution in [0.1, 0.15) is 19.7 Å². The van der Waals surface area contributed by atoms with Crippen LogP contribution in [0.2, 0.25) is 0 Å². The molecule has 0 saturated carbocycles. The summed E-state index contributed by atoms with van der Waals surface area (Å²) in [5.41, 5.74) is 0. The summed E-state index contributed by atoms with van der Waals surface area (Å²) in [7, 11) is 2.06. The first kappa shape index (κ1) is 13.9. The third-order valence-corrected chi connectivity index (χ3v) is 5.14. The molecule has 6 heteroatoms. The van der Waals surface area contributed by atoms with Crippen molar-refractivity contribution in [1.29, 1.82) is 0 Å². The summed E-state index contributed by atoms with van der Waals surface area (Å²) in [4.78, 5) is 14.0. The predicted molar refractivity (Wildman–Crippen MR) is 84.0 cm³/mol. The smallest absolute Gasteiger partial charge is 0.159 e. The van der Waals surface area contributed by atoms with E-state index in [1.54, 1.807) is 0 Å². The number of rotatable bonds is 2. The zero-order chi connectivity index (χ0) is 14.2. The lowest BCUT2D eigenvalue weighted by molar-refractivity contribution is 0.172. The summed E-state index contributed by atoms with van der Waals surface area (Å²) in [5.74, 6) is 1.15. The molecule has 3 heterocycles. The second kappa shape index (κ2) is 5.41. The molecule has 0 amide bonds. The zero-order valence-corrected chi connectivity index (χ0v) is 13.4. The van der Waals surface area contributed by atoms with E-state index >= 15 is 0 Å². The van der Waals surface area contributed by atoms with Crippen LogP contribution in [-0.4, -0.2) is 62.0 Å². The van der Waals surface area contributed by atoms with Crippen molar-refractivity contribution in [3.05, 3.63) is 18.2 Å². The minimum absolute atomic E-state index is 0.277. The molecular weight excluding hydrogens is 270 g/mol. The number of piperazine rings is 1. The van der Waals surface area contributed by atoms with Crippen molar-refractivity contribution in [2.75, 3.05) is 32.7 Å². The number of thioether (sulfide) groups is 1. The first-order chi connectivity index (χ1) is 9.53. The van der Waals surface area contributed by atoms with Gasteiger partial charge in [0.25, 0.3) is 0 Å². The third-order valence-electron chi connectivity index (χ3n) is 3.89. The Hall–Kier alpha value is -1.01. The molecule has 1 aromatic rings. The Labute approximate surface area is 125 Å². The van der Waals surface area contributed by atoms with Crippen molar-refractivity contribution in [3.8, 4) is 0 Å². The first-order valence-corrected chi connectivity index (χ1v) is 8.02. The Morgan fingerprint density at radius 1 is 1.25 bits per heavy atom. The van der Waals surface area contributed by atoms with Gasteiger partial charge in [0.2, 0.25) is 0 Å². The van der Waals surface area contributed by atoms with Gasteiger partial charge in [0.05, 0.1) is 13.1 Å². The van der Waals surface area contributed by atoms with E-state index in [2.05, 4.69) is 40.2 Å². The fourth-order valence-corrected chi connectivity index (χ4v) is 3.64. The Balaban J connectivity index is 1.52. The molecule has 110 valence electrons. The highest BCUT2D eigenvalue weighted by molar-refractivity contribution is 8.15. The van der Waals surface area contributed by atoms with Gasteiger partial charge in [-0.05, 0) is 13.8 Å². The minimum Gasteiger partial charge on any atom is -0.349 e. The van der Waals surface area contributed by atoms with Crippen LogP contribution in [0.5, 0.6) is 0 Å². The number of aromatic nitrogens is 2. The molecule has 0 bridgehead atoms. The van der Waals surface area contributed by atoms with E-state index in [9.17, 15) is 0 Å². The van der Waals surface area contributed by atoms with E-state index in [4.69, 9.17) is 4.99 Å². The molecule has 2 aliphatic rings. The maximum absolute atomic E-state index is 4.70. The maximum atomic E-state index is 4.70. The average molecular weight is 293 g/mol. The number of aryl methyl sites for hydroxylation is 1. The van der Waals surface area contributed by atoms with Gasteiger partial charge in [-0.15, -0.1) is 0 Å². The van der Waals surface area contributed by atoms with Crippen LogP contribution < -0.4 is 0 Å². The lowest BCUT2D eigenvalue weighted by Gasteiger charge is -2.35. The van der Waals surface area contributed by atoms with Crippen LogP contribution >= 0.6 is 11.8 Å². The molecule has 1 saturated heterocycles. The fraction of sp³-hybridized carbons (Fsp3) is 0.714. The van der Waals surface area contributed by atoms with E-state index < -0.39 is 0 Å². The van der Waals surface area contributed by atoms with E-state index in [1.165, 1.54) is 5.17 Å². The van der Waals surface area contributed by atoms with Gasteiger partial charge < -0.3 is 9.47 Å². The van der Waals surface area contributed by atoms with Gasteiger partial charge in [0, 0.05) is 50.4 Å². The summed E-state index contributed by atoms with van der Waals surface area (Å²) in [6, 6.07) is 0. The second-order valence-electron chi connectivity index (χ2n) is 6.18. The molecule has 0 spiro atoms. The van der Waals surface area contributed by atoms with Crippen LogP contribution in [0.25, 0.3) is 0 Å². The average Bonchev–Trinajstić information content (AvgIpc) is 2.97. The molecular formula is C14H23N5S. The van der Waals surface area contributed by atoms with Crippen molar-refractivity contribution >= 4 is 16.9 Å². The van der Waals surface area contributed by atoms with Crippen LogP contribution in [0.3, 0.4) is 0 Å². The van der Waals surface area contributed by atoms with Gasteiger partial charge in [0.1, 0.15) is 5.82 Å². The SMILES string of the molecule is Cn1ccnc1CN1CCN(C2=NCC(C)(C)S2)CC1. The van der Waals surface area contributed by atoms with Crippen LogP contribution in [0.15, 0.2) is 17.4 Å². The molecule has 0 N–H and O–H groups in total. The normalized spacial score (nSPS) is 23.1. The Morgan fingerprint density at radius 2 is 2.00 bits per heavy atom. The Bertz CT molecular complexity index is 499. The molecule has 5 nitrogen and oxygen atoms in total. The molecule has 20 heavy (non-hydrogen) atoms. The van der Waals surface area contributed by atoms with Crippen molar-refractivity contribution < 1.29 is 0 Å². The van der Waals surface area contributed by atoms with Crippen LogP contribution in [-0.2, 0) is 13.6 Å². The standard InChI is InChI=1S/C14H23N5S/c1-14(2)11-16-13(20-14)19-8-6-18(7-9-19)10-12-15-4-5-17(12)3/h4-5H,6-11H2,1-3H3. The van der Waals surface area contributed by atoms with Crippen molar-refractivity contribution in [3.63, 3.8) is 0 Å². The fourth-order valence-electron chi connectivity index (χ4n) is 2.58. The molecule has 0 atom stereocenters. The van der Waals surface area contributed by atoms with Crippen molar-refractivity contribution in [2.24, 2.45) is 12.0 Å². The van der Waals surface area contributed by atoms with E-state index in [1.807, 2.05) is 24.2 Å². The number of nitrogens with zero attached hydrogens (tertiary/aromatic N) is 5. The van der Waals surface area contributed by atoms with Crippen LogP contribution in [0, 0.1) is 0 Å². The maximum Gasteiger partial charge on any atom is 0.159 e. The lowest BCUT2D eigenvalue weighted by Crippen LogP contribution is -2.47. The lowest BCUT2D eigenvalue weighted by atomic mass is 10.2. The first-order valence-electron chi connectivity index (χ1n) is 7.20. The summed E-state index contributed by atoms with van der Waals surface area (Å²) in [6.07, 6.45) is 3.88. The van der Waals surface area contributed by atoms with Gasteiger partial charge >= 0.3 is 0 Å². The number of amidine groups is 1. The highest BCUT2D eigenvalue weighted by atomic mass is 32.2. The second-order valence-corrected chi connectivity index (χ2v) is 7.85. The predicted octanol–water partition coefficient (Wildman–Crippen LogP) is 1.42. The Kier molecular flexibility index (Phi) is 3.77. The minimum atomic E-state index is 0.277. The summed E-state index contributed by atoms with van der Waals surface area (Å²) in [6.45, 7) is 10.8. The molecule has 0 aromatic carbocycles. The molecule has 3 rings (SSSR count). The summed E-state index contributed by atoms with van der Waals surface area (Å²) in [5, 5.41) is 1.24. The molecule has 1 aromatic heterocycles. The molecule has 0 radical (unpaired) electrons. The third kappa shape index (κ3) is 3.01. The molecule has 0 aliphatic carbocycles. The number of aliphatic imine (C=N–C) groups is 1. The zero-order valence-electron chi connectivity index (χ0n) is 12.5. The largest absolute Gasteiger partial charge is 0.349 e. The molecule has 2 aliphatic heterocycles. The Morgan fingerprint density at radius 3 is 2.55 bits per heavy atom. The van der Waals surface area contributed by atoms with Gasteiger partial charge in [-0.3, -0.25) is 9.89 Å². The topological polar surface area (TPSA) is 36.7 Å². The monoisotopic (exact) mass is 293 g/mol. The van der Waals surface area contributed by atoms with Gasteiger partial charge in [-0.25, -0.2) is 4.98 Å². The van der Waals surface area contributed by atoms with Crippen LogP contribution in [0.4, 0.5) is 0 Å². The summed E-state index contributed by atoms with van der Waals surface area (Å²) < 4.78 is 2.38. The molecule has 1 fully saturated rings. The van der Waals surface area contributed by atoms with Crippen molar-refractivity contribution in [2.45, 2.75) is 25.1 Å². The quantitative estimate of drug-likeness (QED) is 0.826. The summed E-state index contributed by atoms with van der Waals surface area (Å²) >= 11 is 1.92. The van der Waals surface area contributed by atoms with Crippen molar-refractivity contribution in [1.82, 2.24) is 19.4 Å². The molecule has 0 unspecified atom stereocenters. The van der Waals surface area contributed by atoms with E-state index in [0.29, 0.717) is 0 Å². The highest BCUT2D eigenvalue weighted by Gasteiger charge is 2.31. The number of imidazole rings is 1. The number of hydrogen-bond acceptors (Lipinski definition) is 5. The van der Waals surface area contributed by atoms with Gasteiger partial charge in [-0.2, -0.15) is 0 Å². The van der Waals surface area contributed by atoms with E-state index in [0.717, 1.165) is 45.1 Å². The number of hydrogen-bond donors (Lipinski definition) is 0. The van der Waals surface area contributed by atoms with Gasteiger partial charge in [0.15, 0.2) is 5.17 Å². The van der Waals surface area contributed by atoms with Gasteiger partial charge in [-0.1, -0.05) is 11.8 Å².